The van der Waals surface area contributed by atoms with Crippen molar-refractivity contribution in [3.8, 4) is 0 Å². The van der Waals surface area contributed by atoms with Crippen molar-refractivity contribution in [2.24, 2.45) is 0 Å². The van der Waals surface area contributed by atoms with Crippen molar-refractivity contribution in [2.45, 2.75) is 32.3 Å². The van der Waals surface area contributed by atoms with Crippen LogP contribution in [-0.4, -0.2) is 22.2 Å². The van der Waals surface area contributed by atoms with Crippen LogP contribution < -0.4 is 11.1 Å². The van der Waals surface area contributed by atoms with Gasteiger partial charge in [-0.3, -0.25) is 0 Å². The molecule has 1 heterocycles. The maximum Gasteiger partial charge on any atom is 0.145 e. The number of hydrogen-bond donors (Lipinski definition) is 3. The Morgan fingerprint density at radius 3 is 2.62 bits per heavy atom. The minimum atomic E-state index is -0.716. The largest absolute Gasteiger partial charge is 0.397 e. The van der Waals surface area contributed by atoms with E-state index in [1.807, 2.05) is 13.8 Å². The van der Waals surface area contributed by atoms with E-state index in [2.05, 4.69) is 10.3 Å². The third-order valence-electron chi connectivity index (χ3n) is 2.76. The SMILES string of the molecule is CCC(O)(CC)CNc1ncc(N)cc1Cl. The zero-order valence-electron chi connectivity index (χ0n) is 9.63. The molecule has 0 spiro atoms. The molecule has 16 heavy (non-hydrogen) atoms. The highest BCUT2D eigenvalue weighted by Crippen LogP contribution is 2.22. The number of nitrogens with zero attached hydrogens (tertiary/aromatic N) is 1. The van der Waals surface area contributed by atoms with Gasteiger partial charge in [0.1, 0.15) is 5.82 Å². The molecule has 0 aliphatic carbocycles. The van der Waals surface area contributed by atoms with Crippen molar-refractivity contribution in [1.29, 1.82) is 0 Å². The summed E-state index contributed by atoms with van der Waals surface area (Å²) in [4.78, 5) is 4.07. The highest BCUT2D eigenvalue weighted by molar-refractivity contribution is 6.33. The van der Waals surface area contributed by atoms with Crippen LogP contribution in [0.3, 0.4) is 0 Å². The average Bonchev–Trinajstić information content (AvgIpc) is 2.27. The number of pyridine rings is 1. The summed E-state index contributed by atoms with van der Waals surface area (Å²) < 4.78 is 0. The number of halogens is 1. The van der Waals surface area contributed by atoms with Gasteiger partial charge in [-0.05, 0) is 18.9 Å². The van der Waals surface area contributed by atoms with Gasteiger partial charge in [-0.2, -0.15) is 0 Å². The lowest BCUT2D eigenvalue weighted by molar-refractivity contribution is 0.0456. The van der Waals surface area contributed by atoms with E-state index < -0.39 is 5.60 Å². The Balaban J connectivity index is 2.67. The summed E-state index contributed by atoms with van der Waals surface area (Å²) in [6.45, 7) is 4.32. The predicted molar refractivity (Wildman–Crippen MR) is 67.7 cm³/mol. The Morgan fingerprint density at radius 2 is 2.12 bits per heavy atom. The van der Waals surface area contributed by atoms with E-state index in [1.165, 1.54) is 6.20 Å². The Labute approximate surface area is 101 Å². The molecule has 0 aliphatic heterocycles. The second-order valence-electron chi connectivity index (χ2n) is 3.88. The molecule has 0 bridgehead atoms. The molecule has 5 heteroatoms. The molecular formula is C11H18ClN3O. The van der Waals surface area contributed by atoms with Gasteiger partial charge in [0.15, 0.2) is 0 Å². The predicted octanol–water partition coefficient (Wildman–Crippen LogP) is 2.28. The second-order valence-corrected chi connectivity index (χ2v) is 4.29. The lowest BCUT2D eigenvalue weighted by Gasteiger charge is -2.25. The van der Waals surface area contributed by atoms with Crippen molar-refractivity contribution < 1.29 is 5.11 Å². The number of nitrogen functional groups attached to an aromatic ring is 1. The van der Waals surface area contributed by atoms with E-state index >= 15 is 0 Å². The summed E-state index contributed by atoms with van der Waals surface area (Å²) in [6.07, 6.45) is 2.90. The van der Waals surface area contributed by atoms with Gasteiger partial charge in [-0.1, -0.05) is 25.4 Å². The fourth-order valence-electron chi connectivity index (χ4n) is 1.33. The van der Waals surface area contributed by atoms with E-state index in [0.29, 0.717) is 35.9 Å². The molecule has 0 saturated carbocycles. The van der Waals surface area contributed by atoms with E-state index in [0.717, 1.165) is 0 Å². The van der Waals surface area contributed by atoms with Crippen LogP contribution in [0.15, 0.2) is 12.3 Å². The molecule has 0 atom stereocenters. The first-order valence-corrected chi connectivity index (χ1v) is 5.76. The summed E-state index contributed by atoms with van der Waals surface area (Å²) in [5.41, 5.74) is 5.35. The van der Waals surface area contributed by atoms with E-state index in [1.54, 1.807) is 6.07 Å². The molecule has 90 valence electrons. The van der Waals surface area contributed by atoms with E-state index in [9.17, 15) is 5.11 Å². The lowest BCUT2D eigenvalue weighted by Crippen LogP contribution is -2.35. The first kappa shape index (κ1) is 13.1. The van der Waals surface area contributed by atoms with Crippen LogP contribution in [-0.2, 0) is 0 Å². The van der Waals surface area contributed by atoms with Crippen molar-refractivity contribution in [1.82, 2.24) is 4.98 Å². The number of nitrogens with one attached hydrogen (secondary N) is 1. The van der Waals surface area contributed by atoms with Crippen LogP contribution in [0.2, 0.25) is 5.02 Å². The third kappa shape index (κ3) is 3.25. The first-order valence-electron chi connectivity index (χ1n) is 5.38. The molecule has 0 fully saturated rings. The molecule has 1 aromatic rings. The molecule has 0 saturated heterocycles. The molecule has 4 nitrogen and oxygen atoms in total. The summed E-state index contributed by atoms with van der Waals surface area (Å²) in [6, 6.07) is 1.63. The quantitative estimate of drug-likeness (QED) is 0.742. The molecule has 0 aromatic carbocycles. The number of hydrogen-bond acceptors (Lipinski definition) is 4. The van der Waals surface area contributed by atoms with E-state index in [-0.39, 0.29) is 0 Å². The van der Waals surface area contributed by atoms with Gasteiger partial charge < -0.3 is 16.2 Å². The Bertz CT molecular complexity index is 353. The molecular weight excluding hydrogens is 226 g/mol. The van der Waals surface area contributed by atoms with E-state index in [4.69, 9.17) is 17.3 Å². The first-order chi connectivity index (χ1) is 7.50. The maximum absolute atomic E-state index is 10.1. The van der Waals surface area contributed by atoms with Crippen LogP contribution in [0.4, 0.5) is 11.5 Å². The van der Waals surface area contributed by atoms with Crippen LogP contribution in [0.1, 0.15) is 26.7 Å². The summed E-state index contributed by atoms with van der Waals surface area (Å²) in [7, 11) is 0. The molecule has 4 N–H and O–H groups in total. The van der Waals surface area contributed by atoms with Crippen LogP contribution >= 0.6 is 11.6 Å². The van der Waals surface area contributed by atoms with Gasteiger partial charge in [0.2, 0.25) is 0 Å². The molecule has 0 radical (unpaired) electrons. The van der Waals surface area contributed by atoms with Gasteiger partial charge in [-0.25, -0.2) is 4.98 Å². The van der Waals surface area contributed by atoms with Crippen molar-refractivity contribution in [3.05, 3.63) is 17.3 Å². The van der Waals surface area contributed by atoms with Crippen molar-refractivity contribution in [2.75, 3.05) is 17.6 Å². The van der Waals surface area contributed by atoms with Crippen LogP contribution in [0, 0.1) is 0 Å². The molecule has 1 aromatic heterocycles. The van der Waals surface area contributed by atoms with Gasteiger partial charge in [-0.15, -0.1) is 0 Å². The van der Waals surface area contributed by atoms with Crippen molar-refractivity contribution in [3.63, 3.8) is 0 Å². The van der Waals surface area contributed by atoms with Crippen LogP contribution in [0.5, 0.6) is 0 Å². The Morgan fingerprint density at radius 1 is 1.50 bits per heavy atom. The van der Waals surface area contributed by atoms with Gasteiger partial charge in [0, 0.05) is 6.54 Å². The monoisotopic (exact) mass is 243 g/mol. The number of aromatic nitrogens is 1. The Kier molecular flexibility index (Phi) is 4.38. The normalized spacial score (nSPS) is 11.5. The minimum absolute atomic E-state index is 0.427. The average molecular weight is 244 g/mol. The van der Waals surface area contributed by atoms with Gasteiger partial charge >= 0.3 is 0 Å². The number of nitrogens with two attached hydrogens (primary N) is 1. The molecule has 0 aliphatic rings. The Hall–Kier alpha value is -1.00. The topological polar surface area (TPSA) is 71.2 Å². The van der Waals surface area contributed by atoms with Gasteiger partial charge in [0.25, 0.3) is 0 Å². The summed E-state index contributed by atoms with van der Waals surface area (Å²) in [5.74, 6) is 0.552. The standard InChI is InChI=1S/C11H18ClN3O/c1-3-11(16,4-2)7-15-10-9(12)5-8(13)6-14-10/h5-6,16H,3-4,7,13H2,1-2H3,(H,14,15). The summed E-state index contributed by atoms with van der Waals surface area (Å²) >= 11 is 5.96. The highest BCUT2D eigenvalue weighted by Gasteiger charge is 2.22. The zero-order valence-corrected chi connectivity index (χ0v) is 10.4. The molecule has 0 amide bonds. The fourth-order valence-corrected chi connectivity index (χ4v) is 1.57. The maximum atomic E-state index is 10.1. The third-order valence-corrected chi connectivity index (χ3v) is 3.05. The fraction of sp³-hybridized carbons (Fsp3) is 0.545. The second kappa shape index (κ2) is 5.37. The molecule has 1 rings (SSSR count). The zero-order chi connectivity index (χ0) is 12.2. The van der Waals surface area contributed by atoms with Gasteiger partial charge in [0.05, 0.1) is 22.5 Å². The smallest absolute Gasteiger partial charge is 0.145 e. The minimum Gasteiger partial charge on any atom is -0.397 e. The number of rotatable bonds is 5. The number of anilines is 2. The summed E-state index contributed by atoms with van der Waals surface area (Å²) in [5, 5.41) is 13.6. The highest BCUT2D eigenvalue weighted by atomic mass is 35.5. The molecule has 0 unspecified atom stereocenters. The lowest BCUT2D eigenvalue weighted by atomic mass is 9.98. The van der Waals surface area contributed by atoms with Crippen molar-refractivity contribution >= 4 is 23.1 Å². The number of aliphatic hydroxyl groups is 1. The van der Waals surface area contributed by atoms with Crippen LogP contribution in [0.25, 0.3) is 0 Å².